The molecule has 192 valence electrons. The maximum absolute atomic E-state index is 13.4. The van der Waals surface area contributed by atoms with Crippen LogP contribution in [0.2, 0.25) is 5.02 Å². The fraction of sp³-hybridized carbons (Fsp3) is 0.480. The molecule has 2 aromatic rings. The highest BCUT2D eigenvalue weighted by Gasteiger charge is 2.27. The Bertz CT molecular complexity index is 882. The molecule has 9 heteroatoms. The summed E-state index contributed by atoms with van der Waals surface area (Å²) in [7, 11) is 4.07. The van der Waals surface area contributed by atoms with Crippen LogP contribution in [0.5, 0.6) is 0 Å². The Morgan fingerprint density at radius 1 is 1.24 bits per heavy atom. The van der Waals surface area contributed by atoms with Gasteiger partial charge in [0, 0.05) is 31.6 Å². The molecule has 1 aromatic heterocycles. The number of nitrogens with zero attached hydrogens (tertiary/aromatic N) is 2. The van der Waals surface area contributed by atoms with E-state index >= 15 is 0 Å². The lowest BCUT2D eigenvalue weighted by atomic mass is 9.84. The van der Waals surface area contributed by atoms with Crippen LogP contribution in [0.15, 0.2) is 49.1 Å². The van der Waals surface area contributed by atoms with E-state index in [1.165, 1.54) is 12.1 Å². The number of aromatic amines is 1. The number of aromatic nitrogens is 2. The number of nitrogens with one attached hydrogen (secondary N) is 2. The van der Waals surface area contributed by atoms with Gasteiger partial charge in [-0.15, -0.1) is 0 Å². The summed E-state index contributed by atoms with van der Waals surface area (Å²) in [6.07, 6.45) is 9.30. The van der Waals surface area contributed by atoms with Crippen LogP contribution < -0.4 is 4.72 Å². The van der Waals surface area contributed by atoms with Crippen molar-refractivity contribution in [2.24, 2.45) is 0 Å². The summed E-state index contributed by atoms with van der Waals surface area (Å²) in [6.45, 7) is 9.42. The average molecular weight is 517 g/mol. The molecule has 3 rings (SSSR count). The van der Waals surface area contributed by atoms with Crippen LogP contribution in [0.1, 0.15) is 58.1 Å². The number of allylic oxidation sites excluding steroid dienone is 3. The molecule has 1 fully saturated rings. The Kier molecular flexibility index (Phi) is 17.4. The Balaban J connectivity index is 0.00000106. The Morgan fingerprint density at radius 3 is 2.32 bits per heavy atom. The molecule has 1 aliphatic carbocycles. The molecule has 1 aromatic carbocycles. The highest BCUT2D eigenvalue weighted by Crippen LogP contribution is 2.39. The number of benzene rings is 1. The molecule has 5 nitrogen and oxygen atoms in total. The normalized spacial score (nSPS) is 18.1. The largest absolute Gasteiger partial charge is 0.280 e. The van der Waals surface area contributed by atoms with Crippen LogP contribution in [-0.2, 0) is 11.2 Å². The van der Waals surface area contributed by atoms with Crippen molar-refractivity contribution < 1.29 is 13.0 Å². The highest BCUT2D eigenvalue weighted by molar-refractivity contribution is 7.80. The van der Waals surface area contributed by atoms with Gasteiger partial charge in [-0.3, -0.25) is 9.49 Å². The molecule has 0 saturated heterocycles. The zero-order valence-electron chi connectivity index (χ0n) is 21.1. The minimum Gasteiger partial charge on any atom is -0.280 e. The summed E-state index contributed by atoms with van der Waals surface area (Å²) in [6, 6.07) is 6.52. The van der Waals surface area contributed by atoms with Crippen molar-refractivity contribution in [1.82, 2.24) is 19.2 Å². The SMILES string of the molecule is C=C/C=C\C.CC.CF.CN(C)S(=O)NC1CCC(c2[nH]nc(-c3cccc(F)c3)c2Cl)CC1. The molecule has 0 bridgehead atoms. The lowest BCUT2D eigenvalue weighted by Gasteiger charge is -2.29. The topological polar surface area (TPSA) is 61.0 Å². The van der Waals surface area contributed by atoms with Crippen molar-refractivity contribution in [2.75, 3.05) is 21.3 Å². The molecule has 34 heavy (non-hydrogen) atoms. The smallest absolute Gasteiger partial charge is 0.169 e. The summed E-state index contributed by atoms with van der Waals surface area (Å²) >= 11 is 5.37. The molecule has 0 amide bonds. The van der Waals surface area contributed by atoms with E-state index < -0.39 is 11.2 Å². The average Bonchev–Trinajstić information content (AvgIpc) is 3.24. The quantitative estimate of drug-likeness (QED) is 0.406. The Hall–Kier alpha value is -1.87. The molecule has 2 N–H and O–H groups in total. The van der Waals surface area contributed by atoms with E-state index in [4.69, 9.17) is 11.6 Å². The standard InChI is InChI=1S/C17H22ClFN4OS.C5H8.C2H6.CH3F/c1-23(2)25(24)22-14-8-6-11(7-9-14)16-15(18)17(21-20-16)12-4-3-5-13(19)10-12;1-3-5-4-2;2*1-2/h3-5,10-11,14,22H,6-9H2,1-2H3,(H,20,21);3-5H,1H2,2H3;1-2H3;1H3/b;5-4-;;. The molecule has 0 radical (unpaired) electrons. The van der Waals surface area contributed by atoms with E-state index in [0.29, 0.717) is 23.5 Å². The second-order valence-electron chi connectivity index (χ2n) is 7.30. The summed E-state index contributed by atoms with van der Waals surface area (Å²) in [5.41, 5.74) is 2.17. The fourth-order valence-corrected chi connectivity index (χ4v) is 4.40. The van der Waals surface area contributed by atoms with Crippen molar-refractivity contribution in [2.45, 2.75) is 58.4 Å². The molecule has 0 spiro atoms. The van der Waals surface area contributed by atoms with Crippen LogP contribution in [0.25, 0.3) is 11.3 Å². The van der Waals surface area contributed by atoms with Crippen molar-refractivity contribution >= 4 is 22.8 Å². The number of H-pyrrole nitrogens is 1. The van der Waals surface area contributed by atoms with Crippen molar-refractivity contribution in [3.8, 4) is 11.3 Å². The van der Waals surface area contributed by atoms with Gasteiger partial charge in [0.25, 0.3) is 0 Å². The van der Waals surface area contributed by atoms with Gasteiger partial charge in [-0.05, 0) is 44.7 Å². The predicted molar refractivity (Wildman–Crippen MR) is 142 cm³/mol. The van der Waals surface area contributed by atoms with Gasteiger partial charge < -0.3 is 0 Å². The fourth-order valence-electron chi connectivity index (χ4n) is 3.32. The summed E-state index contributed by atoms with van der Waals surface area (Å²) < 4.78 is 39.6. The maximum Gasteiger partial charge on any atom is 0.169 e. The van der Waals surface area contributed by atoms with Crippen molar-refractivity contribution in [1.29, 1.82) is 0 Å². The van der Waals surface area contributed by atoms with Gasteiger partial charge in [0.15, 0.2) is 11.2 Å². The molecule has 1 aliphatic rings. The number of hydrogen-bond donors (Lipinski definition) is 2. The molecule has 1 heterocycles. The number of alkyl halides is 1. The first kappa shape index (κ1) is 32.1. The lowest BCUT2D eigenvalue weighted by molar-refractivity contribution is 0.370. The van der Waals surface area contributed by atoms with E-state index in [-0.39, 0.29) is 17.8 Å². The monoisotopic (exact) mass is 516 g/mol. The zero-order chi connectivity index (χ0) is 26.1. The second-order valence-corrected chi connectivity index (χ2v) is 9.14. The molecule has 0 aliphatic heterocycles. The van der Waals surface area contributed by atoms with Crippen molar-refractivity contribution in [3.63, 3.8) is 0 Å². The van der Waals surface area contributed by atoms with E-state index in [1.54, 1.807) is 36.6 Å². The van der Waals surface area contributed by atoms with Crippen LogP contribution in [-0.4, -0.2) is 46.0 Å². The molecular formula is C25H39ClF2N4OS. The van der Waals surface area contributed by atoms with Gasteiger partial charge in [-0.2, -0.15) is 5.10 Å². The van der Waals surface area contributed by atoms with Crippen LogP contribution in [0.4, 0.5) is 8.78 Å². The summed E-state index contributed by atoms with van der Waals surface area (Å²) in [4.78, 5) is 0. The lowest BCUT2D eigenvalue weighted by Crippen LogP contribution is -2.39. The Labute approximate surface area is 211 Å². The third-order valence-corrected chi connectivity index (χ3v) is 6.47. The number of halogens is 3. The molecular weight excluding hydrogens is 478 g/mol. The van der Waals surface area contributed by atoms with Crippen LogP contribution >= 0.6 is 11.6 Å². The first-order valence-corrected chi connectivity index (χ1v) is 12.8. The summed E-state index contributed by atoms with van der Waals surface area (Å²) in [5, 5.41) is 7.91. The Morgan fingerprint density at radius 2 is 1.85 bits per heavy atom. The zero-order valence-corrected chi connectivity index (χ0v) is 22.6. The van der Waals surface area contributed by atoms with Gasteiger partial charge in [-0.1, -0.05) is 62.4 Å². The van der Waals surface area contributed by atoms with E-state index in [0.717, 1.165) is 31.4 Å². The number of hydrogen-bond acceptors (Lipinski definition) is 2. The van der Waals surface area contributed by atoms with Gasteiger partial charge in [0.2, 0.25) is 0 Å². The first-order valence-electron chi connectivity index (χ1n) is 11.3. The van der Waals surface area contributed by atoms with E-state index in [9.17, 15) is 13.0 Å². The van der Waals surface area contributed by atoms with Gasteiger partial charge in [0.05, 0.1) is 17.9 Å². The predicted octanol–water partition coefficient (Wildman–Crippen LogP) is 6.99. The van der Waals surface area contributed by atoms with Crippen LogP contribution in [0, 0.1) is 5.82 Å². The number of rotatable bonds is 6. The first-order chi connectivity index (χ1) is 16.4. The minimum absolute atomic E-state index is 0.240. The minimum atomic E-state index is -1.15. The molecule has 1 unspecified atom stereocenters. The van der Waals surface area contributed by atoms with Gasteiger partial charge in [0.1, 0.15) is 11.5 Å². The van der Waals surface area contributed by atoms with Crippen molar-refractivity contribution in [3.05, 3.63) is 65.6 Å². The van der Waals surface area contributed by atoms with E-state index in [1.807, 2.05) is 32.9 Å². The summed E-state index contributed by atoms with van der Waals surface area (Å²) in [5.74, 6) is -0.0215. The van der Waals surface area contributed by atoms with Crippen LogP contribution in [0.3, 0.4) is 0 Å². The third kappa shape index (κ3) is 10.6. The third-order valence-electron chi connectivity index (χ3n) is 4.89. The van der Waals surface area contributed by atoms with Gasteiger partial charge >= 0.3 is 0 Å². The molecule has 1 saturated carbocycles. The second kappa shape index (κ2) is 18.5. The molecule has 1 atom stereocenters. The maximum atomic E-state index is 13.4. The highest BCUT2D eigenvalue weighted by atomic mass is 35.5. The van der Waals surface area contributed by atoms with E-state index in [2.05, 4.69) is 21.5 Å². The van der Waals surface area contributed by atoms with Gasteiger partial charge in [-0.25, -0.2) is 17.6 Å².